The summed E-state index contributed by atoms with van der Waals surface area (Å²) in [6, 6.07) is 58.0. The molecule has 4 heteroatoms. The molecule has 0 fully saturated rings. The molecule has 0 aliphatic rings. The van der Waals surface area contributed by atoms with Gasteiger partial charge in [0.25, 0.3) is 0 Å². The van der Waals surface area contributed by atoms with Crippen molar-refractivity contribution in [2.75, 3.05) is 0 Å². The second kappa shape index (κ2) is 11.9. The average molecular weight is 647 g/mol. The number of nitriles is 2. The Balaban J connectivity index is 1.37. The second-order valence-corrected chi connectivity index (χ2v) is 12.6. The van der Waals surface area contributed by atoms with Crippen LogP contribution in [0.2, 0.25) is 0 Å². The molecule has 0 amide bonds. The van der Waals surface area contributed by atoms with Gasteiger partial charge in [0.2, 0.25) is 0 Å². The third-order valence-corrected chi connectivity index (χ3v) is 9.83. The van der Waals surface area contributed by atoms with E-state index in [1.54, 1.807) is 6.07 Å². The zero-order valence-corrected chi connectivity index (χ0v) is 27.3. The van der Waals surface area contributed by atoms with Crippen molar-refractivity contribution >= 4 is 49.0 Å². The van der Waals surface area contributed by atoms with E-state index in [9.17, 15) is 10.5 Å². The molecule has 51 heavy (non-hydrogen) atoms. The largest absolute Gasteiger partial charge is 0.309 e. The highest BCUT2D eigenvalue weighted by molar-refractivity contribution is 6.23. The topological polar surface area (TPSA) is 56.9 Å². The normalized spacial score (nSPS) is 11.1. The summed E-state index contributed by atoms with van der Waals surface area (Å²) in [6.45, 7) is 8.03. The van der Waals surface area contributed by atoms with Gasteiger partial charge >= 0.3 is 0 Å². The minimum atomic E-state index is 0.414. The Labute approximate surface area is 294 Å². The van der Waals surface area contributed by atoms with Crippen LogP contribution in [0.4, 0.5) is 5.69 Å². The summed E-state index contributed by atoms with van der Waals surface area (Å²) >= 11 is 0. The first kappa shape index (κ1) is 29.7. The number of para-hydroxylation sites is 1. The molecule has 0 unspecified atom stereocenters. The molecule has 0 atom stereocenters. The Morgan fingerprint density at radius 2 is 1.08 bits per heavy atom. The van der Waals surface area contributed by atoms with Crippen LogP contribution in [-0.2, 0) is 0 Å². The Kier molecular flexibility index (Phi) is 6.93. The first-order valence-corrected chi connectivity index (χ1v) is 16.7. The van der Waals surface area contributed by atoms with Crippen molar-refractivity contribution in [3.05, 3.63) is 180 Å². The lowest BCUT2D eigenvalue weighted by Crippen LogP contribution is -1.97. The monoisotopic (exact) mass is 646 g/mol. The van der Waals surface area contributed by atoms with Crippen molar-refractivity contribution in [1.29, 1.82) is 10.5 Å². The van der Waals surface area contributed by atoms with E-state index >= 15 is 0 Å². The number of aromatic nitrogens is 1. The molecule has 0 aliphatic heterocycles. The van der Waals surface area contributed by atoms with Crippen LogP contribution in [0.3, 0.4) is 0 Å². The smallest absolute Gasteiger partial charge is 0.189 e. The van der Waals surface area contributed by atoms with Crippen molar-refractivity contribution in [2.24, 2.45) is 0 Å². The van der Waals surface area contributed by atoms with E-state index in [1.165, 1.54) is 0 Å². The molecule has 1 aromatic heterocycles. The van der Waals surface area contributed by atoms with Gasteiger partial charge in [-0.05, 0) is 97.9 Å². The maximum absolute atomic E-state index is 10.7. The summed E-state index contributed by atoms with van der Waals surface area (Å²) in [5.41, 5.74) is 10.2. The number of rotatable bonds is 4. The molecule has 0 spiro atoms. The minimum Gasteiger partial charge on any atom is -0.309 e. The van der Waals surface area contributed by atoms with E-state index in [0.717, 1.165) is 82.4 Å². The summed E-state index contributed by atoms with van der Waals surface area (Å²) in [4.78, 5) is 3.84. The maximum Gasteiger partial charge on any atom is 0.189 e. The first-order valence-electron chi connectivity index (χ1n) is 16.7. The van der Waals surface area contributed by atoms with Crippen LogP contribution in [0.25, 0.3) is 87.3 Å². The van der Waals surface area contributed by atoms with Gasteiger partial charge in [-0.1, -0.05) is 109 Å². The van der Waals surface area contributed by atoms with Crippen molar-refractivity contribution in [3.8, 4) is 51.2 Å². The van der Waals surface area contributed by atoms with Gasteiger partial charge in [-0.2, -0.15) is 10.5 Å². The lowest BCUT2D eigenvalue weighted by atomic mass is 9.82. The molecule has 8 aromatic carbocycles. The van der Waals surface area contributed by atoms with E-state index in [1.807, 2.05) is 54.6 Å². The Morgan fingerprint density at radius 3 is 1.75 bits per heavy atom. The molecule has 0 bridgehead atoms. The van der Waals surface area contributed by atoms with Crippen LogP contribution >= 0.6 is 0 Å². The van der Waals surface area contributed by atoms with E-state index in [0.29, 0.717) is 16.8 Å². The highest BCUT2D eigenvalue weighted by atomic mass is 15.0. The van der Waals surface area contributed by atoms with Gasteiger partial charge in [-0.3, -0.25) is 0 Å². The van der Waals surface area contributed by atoms with Gasteiger partial charge in [-0.15, -0.1) is 0 Å². The number of fused-ring (bicyclic) bond motifs is 5. The summed E-state index contributed by atoms with van der Waals surface area (Å²) in [5.74, 6) is 0. The van der Waals surface area contributed by atoms with Crippen LogP contribution in [0.5, 0.6) is 0 Å². The highest BCUT2D eigenvalue weighted by Crippen LogP contribution is 2.48. The van der Waals surface area contributed by atoms with Crippen LogP contribution in [0, 0.1) is 29.2 Å². The molecule has 0 radical (unpaired) electrons. The molecule has 9 aromatic rings. The maximum atomic E-state index is 10.7. The van der Waals surface area contributed by atoms with Gasteiger partial charge in [0, 0.05) is 22.0 Å². The average Bonchev–Trinajstić information content (AvgIpc) is 3.53. The molecule has 0 N–H and O–H groups in total. The van der Waals surface area contributed by atoms with Crippen molar-refractivity contribution in [1.82, 2.24) is 4.57 Å². The number of nitrogens with zero attached hydrogens (tertiary/aromatic N) is 4. The fourth-order valence-electron chi connectivity index (χ4n) is 7.74. The molecule has 0 aliphatic carbocycles. The Morgan fingerprint density at radius 1 is 0.471 bits per heavy atom. The third kappa shape index (κ3) is 4.66. The third-order valence-electron chi connectivity index (χ3n) is 9.83. The van der Waals surface area contributed by atoms with Crippen molar-refractivity contribution in [3.63, 3.8) is 0 Å². The number of hydrogen-bond acceptors (Lipinski definition) is 2. The minimum absolute atomic E-state index is 0.414. The van der Waals surface area contributed by atoms with Crippen molar-refractivity contribution < 1.29 is 0 Å². The Hall–Kier alpha value is -7.45. The van der Waals surface area contributed by atoms with Crippen LogP contribution in [-0.4, -0.2) is 4.57 Å². The summed E-state index contributed by atoms with van der Waals surface area (Å²) in [7, 11) is 0. The van der Waals surface area contributed by atoms with Crippen LogP contribution in [0.15, 0.2) is 158 Å². The van der Waals surface area contributed by atoms with Gasteiger partial charge in [0.15, 0.2) is 5.69 Å². The van der Waals surface area contributed by atoms with Crippen LogP contribution in [0.1, 0.15) is 11.1 Å². The summed E-state index contributed by atoms with van der Waals surface area (Å²) in [6.07, 6.45) is 0. The van der Waals surface area contributed by atoms with E-state index < -0.39 is 0 Å². The predicted octanol–water partition coefficient (Wildman–Crippen LogP) is 12.4. The second-order valence-electron chi connectivity index (χ2n) is 12.6. The van der Waals surface area contributed by atoms with E-state index in [-0.39, 0.29) is 0 Å². The summed E-state index contributed by atoms with van der Waals surface area (Å²) in [5, 5.41) is 26.7. The SMILES string of the molecule is [C-]#[N+]c1cc(C#N)c(-c2cccc(-n3c4ccccc4c4cc(C#N)ccc43)c2)c(-c2c3ccccc3c(-c3ccccc3)c3ccccc23)c1. The van der Waals surface area contributed by atoms with Crippen molar-refractivity contribution in [2.45, 2.75) is 0 Å². The standard InChI is InChI=1S/C47H26N4/c1-50-34-25-33(29-49)45(32-14-11-15-35(26-32)51-43-21-10-9-16-36(43)41-24-30(28-48)22-23-44(41)51)42(27-34)47-39-19-7-5-17-37(39)46(31-12-3-2-4-13-31)38-18-6-8-20-40(38)47/h2-27H. The van der Waals surface area contributed by atoms with Gasteiger partial charge < -0.3 is 4.57 Å². The predicted molar refractivity (Wildman–Crippen MR) is 208 cm³/mol. The fourth-order valence-corrected chi connectivity index (χ4v) is 7.74. The zero-order chi connectivity index (χ0) is 34.5. The molecular formula is C47H26N4. The van der Waals surface area contributed by atoms with Gasteiger partial charge in [0.1, 0.15) is 0 Å². The van der Waals surface area contributed by atoms with Gasteiger partial charge in [0.05, 0.1) is 40.9 Å². The van der Waals surface area contributed by atoms with Gasteiger partial charge in [-0.25, -0.2) is 4.85 Å². The van der Waals surface area contributed by atoms with Crippen LogP contribution < -0.4 is 0 Å². The summed E-state index contributed by atoms with van der Waals surface area (Å²) < 4.78 is 2.22. The lowest BCUT2D eigenvalue weighted by molar-refractivity contribution is 1.18. The quantitative estimate of drug-likeness (QED) is 0.141. The first-order chi connectivity index (χ1) is 25.2. The number of benzene rings is 8. The highest BCUT2D eigenvalue weighted by Gasteiger charge is 2.22. The van der Waals surface area contributed by atoms with E-state index in [4.69, 9.17) is 6.57 Å². The van der Waals surface area contributed by atoms with E-state index in [2.05, 4.69) is 119 Å². The molecule has 0 saturated heterocycles. The molecule has 4 nitrogen and oxygen atoms in total. The lowest BCUT2D eigenvalue weighted by Gasteiger charge is -2.21. The molecule has 1 heterocycles. The zero-order valence-electron chi connectivity index (χ0n) is 27.3. The molecule has 9 rings (SSSR count). The molecule has 0 saturated carbocycles. The Bertz CT molecular complexity index is 2940. The molecular weight excluding hydrogens is 621 g/mol. The number of hydrogen-bond donors (Lipinski definition) is 0. The fraction of sp³-hybridized carbons (Fsp3) is 0. The molecule has 234 valence electrons.